The van der Waals surface area contributed by atoms with Crippen LogP contribution in [0.2, 0.25) is 0 Å². The molecule has 0 saturated carbocycles. The fourth-order valence-electron chi connectivity index (χ4n) is 2.17. The number of hydrogen-bond acceptors (Lipinski definition) is 1. The van der Waals surface area contributed by atoms with Crippen molar-refractivity contribution in [3.05, 3.63) is 34.9 Å². The first-order valence-corrected chi connectivity index (χ1v) is 6.10. The van der Waals surface area contributed by atoms with E-state index < -0.39 is 0 Å². The first-order valence-electron chi connectivity index (χ1n) is 6.10. The third-order valence-corrected chi connectivity index (χ3v) is 3.55. The Labute approximate surface area is 99.1 Å². The molecule has 0 N–H and O–H groups in total. The molecule has 1 aromatic rings. The van der Waals surface area contributed by atoms with Crippen molar-refractivity contribution < 1.29 is 0 Å². The molecule has 0 spiro atoms. The molecule has 0 fully saturated rings. The van der Waals surface area contributed by atoms with Gasteiger partial charge in [0.2, 0.25) is 0 Å². The summed E-state index contributed by atoms with van der Waals surface area (Å²) in [4.78, 5) is 0. The molecule has 0 aliphatic heterocycles. The molecule has 0 heterocycles. The van der Waals surface area contributed by atoms with E-state index in [1.54, 1.807) is 0 Å². The van der Waals surface area contributed by atoms with Crippen LogP contribution < -0.4 is 0 Å². The number of nitrogens with zero attached hydrogens (tertiary/aromatic N) is 1. The number of aryl methyl sites for hydroxylation is 2. The lowest BCUT2D eigenvalue weighted by molar-refractivity contribution is 0.453. The minimum absolute atomic E-state index is 0.0503. The van der Waals surface area contributed by atoms with Crippen LogP contribution in [0.5, 0.6) is 0 Å². The van der Waals surface area contributed by atoms with Crippen LogP contribution >= 0.6 is 0 Å². The highest BCUT2D eigenvalue weighted by Gasteiger charge is 2.20. The molecule has 1 heteroatoms. The van der Waals surface area contributed by atoms with Crippen molar-refractivity contribution >= 4 is 0 Å². The summed E-state index contributed by atoms with van der Waals surface area (Å²) in [6, 6.07) is 8.86. The van der Waals surface area contributed by atoms with Gasteiger partial charge in [0.25, 0.3) is 0 Å². The van der Waals surface area contributed by atoms with Gasteiger partial charge in [-0.3, -0.25) is 0 Å². The molecule has 1 nitrogen and oxygen atoms in total. The van der Waals surface area contributed by atoms with E-state index in [1.165, 1.54) is 16.7 Å². The highest BCUT2D eigenvalue weighted by molar-refractivity contribution is 5.34. The number of hydrogen-bond donors (Lipinski definition) is 0. The highest BCUT2D eigenvalue weighted by Crippen LogP contribution is 2.30. The van der Waals surface area contributed by atoms with Crippen molar-refractivity contribution in [2.45, 2.75) is 46.5 Å². The average Bonchev–Trinajstić information content (AvgIpc) is 2.29. The van der Waals surface area contributed by atoms with Gasteiger partial charge in [-0.2, -0.15) is 5.26 Å². The van der Waals surface area contributed by atoms with Gasteiger partial charge in [-0.25, -0.2) is 0 Å². The standard InChI is InChI=1S/C15H21N/c1-5-13(6-2)15(10-16)14-8-7-11(3)12(4)9-14/h7-9,13,15H,5-6H2,1-4H3. The second kappa shape index (κ2) is 5.70. The average molecular weight is 215 g/mol. The summed E-state index contributed by atoms with van der Waals surface area (Å²) >= 11 is 0. The molecule has 0 bridgehead atoms. The molecule has 86 valence electrons. The second-order valence-corrected chi connectivity index (χ2v) is 4.53. The van der Waals surface area contributed by atoms with Crippen LogP contribution in [0.3, 0.4) is 0 Å². The molecule has 0 saturated heterocycles. The number of nitriles is 1. The lowest BCUT2D eigenvalue weighted by atomic mass is 9.83. The SMILES string of the molecule is CCC(CC)C(C#N)c1ccc(C)c(C)c1. The fraction of sp³-hybridized carbons (Fsp3) is 0.533. The predicted octanol–water partition coefficient (Wildman–Crippen LogP) is 4.35. The lowest BCUT2D eigenvalue weighted by Gasteiger charge is -2.19. The largest absolute Gasteiger partial charge is 0.198 e. The van der Waals surface area contributed by atoms with Gasteiger partial charge in [-0.05, 0) is 36.5 Å². The van der Waals surface area contributed by atoms with E-state index >= 15 is 0 Å². The van der Waals surface area contributed by atoms with Crippen molar-refractivity contribution in [2.24, 2.45) is 5.92 Å². The van der Waals surface area contributed by atoms with E-state index in [9.17, 15) is 5.26 Å². The maximum atomic E-state index is 9.32. The predicted molar refractivity (Wildman–Crippen MR) is 68.3 cm³/mol. The Morgan fingerprint density at radius 2 is 1.75 bits per heavy atom. The van der Waals surface area contributed by atoms with Crippen LogP contribution in [0.4, 0.5) is 0 Å². The normalized spacial score (nSPS) is 12.5. The minimum Gasteiger partial charge on any atom is -0.198 e. The van der Waals surface area contributed by atoms with E-state index in [0.717, 1.165) is 12.8 Å². The van der Waals surface area contributed by atoms with E-state index in [-0.39, 0.29) is 5.92 Å². The van der Waals surface area contributed by atoms with Crippen LogP contribution in [0.1, 0.15) is 49.3 Å². The summed E-state index contributed by atoms with van der Waals surface area (Å²) in [5, 5.41) is 9.32. The Hall–Kier alpha value is -1.29. The van der Waals surface area contributed by atoms with Crippen molar-refractivity contribution in [1.29, 1.82) is 5.26 Å². The Balaban J connectivity index is 3.05. The molecular weight excluding hydrogens is 194 g/mol. The zero-order valence-electron chi connectivity index (χ0n) is 10.7. The van der Waals surface area contributed by atoms with Gasteiger partial charge in [0, 0.05) is 0 Å². The topological polar surface area (TPSA) is 23.8 Å². The molecule has 1 aromatic carbocycles. The Bertz CT molecular complexity index is 383. The van der Waals surface area contributed by atoms with Gasteiger partial charge in [0.05, 0.1) is 12.0 Å². The number of benzene rings is 1. The molecule has 1 atom stereocenters. The summed E-state index contributed by atoms with van der Waals surface area (Å²) in [6.45, 7) is 8.55. The van der Waals surface area contributed by atoms with Crippen LogP contribution in [0.15, 0.2) is 18.2 Å². The van der Waals surface area contributed by atoms with Gasteiger partial charge in [-0.1, -0.05) is 44.9 Å². The second-order valence-electron chi connectivity index (χ2n) is 4.53. The maximum Gasteiger partial charge on any atom is 0.0740 e. The molecule has 0 aromatic heterocycles. The third kappa shape index (κ3) is 2.64. The van der Waals surface area contributed by atoms with Gasteiger partial charge in [-0.15, -0.1) is 0 Å². The van der Waals surface area contributed by atoms with Crippen LogP contribution in [0, 0.1) is 31.1 Å². The van der Waals surface area contributed by atoms with E-state index in [1.807, 2.05) is 0 Å². The van der Waals surface area contributed by atoms with Crippen LogP contribution in [0.25, 0.3) is 0 Å². The summed E-state index contributed by atoms with van der Waals surface area (Å²) in [6.07, 6.45) is 2.14. The van der Waals surface area contributed by atoms with Crippen molar-refractivity contribution in [3.8, 4) is 6.07 Å². The highest BCUT2D eigenvalue weighted by atomic mass is 14.3. The van der Waals surface area contributed by atoms with Gasteiger partial charge in [0.15, 0.2) is 0 Å². The zero-order chi connectivity index (χ0) is 12.1. The zero-order valence-corrected chi connectivity index (χ0v) is 10.7. The van der Waals surface area contributed by atoms with Gasteiger partial charge < -0.3 is 0 Å². The van der Waals surface area contributed by atoms with Gasteiger partial charge in [0.1, 0.15) is 0 Å². The molecule has 1 rings (SSSR count). The van der Waals surface area contributed by atoms with Crippen molar-refractivity contribution in [2.75, 3.05) is 0 Å². The fourth-order valence-corrected chi connectivity index (χ4v) is 2.17. The summed E-state index contributed by atoms with van der Waals surface area (Å²) in [5.41, 5.74) is 3.76. The minimum atomic E-state index is 0.0503. The summed E-state index contributed by atoms with van der Waals surface area (Å²) in [5.74, 6) is 0.529. The third-order valence-electron chi connectivity index (χ3n) is 3.55. The van der Waals surface area contributed by atoms with Crippen molar-refractivity contribution in [3.63, 3.8) is 0 Å². The molecule has 0 aliphatic carbocycles. The van der Waals surface area contributed by atoms with Crippen LogP contribution in [-0.4, -0.2) is 0 Å². The molecule has 1 unspecified atom stereocenters. The first-order chi connectivity index (χ1) is 7.63. The summed E-state index contributed by atoms with van der Waals surface area (Å²) < 4.78 is 0. The molecule has 0 radical (unpaired) electrons. The Morgan fingerprint density at radius 3 is 2.19 bits per heavy atom. The maximum absolute atomic E-state index is 9.32. The van der Waals surface area contributed by atoms with E-state index in [4.69, 9.17) is 0 Å². The molecule has 0 amide bonds. The van der Waals surface area contributed by atoms with Crippen LogP contribution in [-0.2, 0) is 0 Å². The quantitative estimate of drug-likeness (QED) is 0.732. The lowest BCUT2D eigenvalue weighted by Crippen LogP contribution is -2.10. The Morgan fingerprint density at radius 1 is 1.12 bits per heavy atom. The van der Waals surface area contributed by atoms with Gasteiger partial charge >= 0.3 is 0 Å². The smallest absolute Gasteiger partial charge is 0.0740 e. The molecule has 0 aliphatic rings. The summed E-state index contributed by atoms with van der Waals surface area (Å²) in [7, 11) is 0. The Kier molecular flexibility index (Phi) is 4.55. The van der Waals surface area contributed by atoms with Crippen molar-refractivity contribution in [1.82, 2.24) is 0 Å². The number of rotatable bonds is 4. The monoisotopic (exact) mass is 215 g/mol. The molecule has 16 heavy (non-hydrogen) atoms. The first kappa shape index (κ1) is 12.8. The van der Waals surface area contributed by atoms with E-state index in [0.29, 0.717) is 5.92 Å². The van der Waals surface area contributed by atoms with E-state index in [2.05, 4.69) is 52.0 Å². The molecular formula is C15H21N.